The van der Waals surface area contributed by atoms with Gasteiger partial charge in [0.05, 0.1) is 5.52 Å². The number of aliphatic carboxylic acids is 1. The quantitative estimate of drug-likeness (QED) is 0.498. The summed E-state index contributed by atoms with van der Waals surface area (Å²) in [7, 11) is 1.95. The van der Waals surface area contributed by atoms with Crippen molar-refractivity contribution in [1.29, 1.82) is 0 Å². The van der Waals surface area contributed by atoms with Crippen LogP contribution in [0, 0.1) is 6.92 Å². The molecule has 0 aliphatic rings. The molecule has 32 heavy (non-hydrogen) atoms. The van der Waals surface area contributed by atoms with Gasteiger partial charge in [-0.05, 0) is 37.3 Å². The molecule has 4 rings (SSSR count). The van der Waals surface area contributed by atoms with Gasteiger partial charge >= 0.3 is 12.1 Å². The Labute approximate surface area is 180 Å². The van der Waals surface area contributed by atoms with E-state index in [9.17, 15) is 18.0 Å². The molecule has 0 atom stereocenters. The van der Waals surface area contributed by atoms with Gasteiger partial charge < -0.3 is 15.0 Å². The normalized spacial score (nSPS) is 11.0. The van der Waals surface area contributed by atoms with Crippen LogP contribution in [0.3, 0.4) is 0 Å². The summed E-state index contributed by atoms with van der Waals surface area (Å²) in [6.07, 6.45) is 0.758. The molecule has 0 bridgehead atoms. The lowest BCUT2D eigenvalue weighted by atomic mass is 10.3. The lowest BCUT2D eigenvalue weighted by Crippen LogP contribution is -2.21. The first-order valence-corrected chi connectivity index (χ1v) is 9.21. The van der Waals surface area contributed by atoms with Gasteiger partial charge in [-0.25, -0.2) is 14.8 Å². The van der Waals surface area contributed by atoms with E-state index in [2.05, 4.69) is 15.3 Å². The maximum Gasteiger partial charge on any atom is 0.490 e. The van der Waals surface area contributed by atoms with Gasteiger partial charge in [0, 0.05) is 36.9 Å². The lowest BCUT2D eigenvalue weighted by Gasteiger charge is -2.03. The fraction of sp³-hybridized carbons (Fsp3) is 0.143. The average molecular weight is 445 g/mol. The second kappa shape index (κ2) is 8.92. The average Bonchev–Trinajstić information content (AvgIpc) is 3.31. The highest BCUT2D eigenvalue weighted by molar-refractivity contribution is 6.07. The fourth-order valence-corrected chi connectivity index (χ4v) is 2.83. The molecule has 1 amide bonds. The van der Waals surface area contributed by atoms with E-state index >= 15 is 0 Å². The van der Waals surface area contributed by atoms with Crippen molar-refractivity contribution in [2.45, 2.75) is 13.1 Å². The van der Waals surface area contributed by atoms with Crippen molar-refractivity contribution in [1.82, 2.24) is 18.9 Å². The zero-order chi connectivity index (χ0) is 23.5. The van der Waals surface area contributed by atoms with Crippen LogP contribution in [0.15, 0.2) is 61.1 Å². The number of fused-ring (bicyclic) bond motifs is 1. The van der Waals surface area contributed by atoms with Crippen LogP contribution < -0.4 is 5.32 Å². The van der Waals surface area contributed by atoms with Crippen LogP contribution in [0.5, 0.6) is 0 Å². The van der Waals surface area contributed by atoms with E-state index in [1.165, 1.54) is 0 Å². The molecule has 0 saturated heterocycles. The summed E-state index contributed by atoms with van der Waals surface area (Å²) in [5.41, 5.74) is 2.93. The van der Waals surface area contributed by atoms with Crippen molar-refractivity contribution >= 4 is 23.2 Å². The van der Waals surface area contributed by atoms with Crippen LogP contribution in [0.25, 0.3) is 16.9 Å². The number of carbonyl (C=O) groups excluding carboxylic acids is 1. The summed E-state index contributed by atoms with van der Waals surface area (Å²) in [5, 5.41) is 9.96. The van der Waals surface area contributed by atoms with E-state index in [0.717, 1.165) is 22.6 Å². The van der Waals surface area contributed by atoms with Gasteiger partial charge in [-0.3, -0.25) is 9.20 Å². The number of pyridine rings is 2. The molecule has 0 aliphatic carbocycles. The summed E-state index contributed by atoms with van der Waals surface area (Å²) in [6, 6.07) is 13.2. The van der Waals surface area contributed by atoms with E-state index in [-0.39, 0.29) is 5.91 Å². The summed E-state index contributed by atoms with van der Waals surface area (Å²) in [5.74, 6) is -1.78. The third-order valence-electron chi connectivity index (χ3n) is 4.23. The standard InChI is InChI=1S/C19H17N5O.C2HF3O2/c1-13-6-5-8-16(20-13)21-19(25)17-15-7-3-4-10-24(15)18(22-17)14-9-11-23(2)12-14;3-2(4,5)1(6)7/h3-12H,1-2H3,(H,20,21,25);(H,6,7). The van der Waals surface area contributed by atoms with Crippen molar-refractivity contribution < 1.29 is 27.9 Å². The summed E-state index contributed by atoms with van der Waals surface area (Å²) in [6.45, 7) is 1.88. The summed E-state index contributed by atoms with van der Waals surface area (Å²) in [4.78, 5) is 30.6. The molecule has 2 N–H and O–H groups in total. The Kier molecular flexibility index (Phi) is 6.28. The van der Waals surface area contributed by atoms with Gasteiger partial charge in [-0.1, -0.05) is 12.1 Å². The Morgan fingerprint density at radius 2 is 1.75 bits per heavy atom. The summed E-state index contributed by atoms with van der Waals surface area (Å²) < 4.78 is 35.6. The monoisotopic (exact) mass is 445 g/mol. The molecule has 0 spiro atoms. The number of imidazole rings is 1. The number of aromatic nitrogens is 4. The topological polar surface area (TPSA) is 102 Å². The first-order valence-electron chi connectivity index (χ1n) is 9.21. The van der Waals surface area contributed by atoms with Crippen molar-refractivity contribution in [3.8, 4) is 11.4 Å². The lowest BCUT2D eigenvalue weighted by molar-refractivity contribution is -0.192. The second-order valence-electron chi connectivity index (χ2n) is 6.73. The number of hydrogen-bond donors (Lipinski definition) is 2. The highest BCUT2D eigenvalue weighted by Crippen LogP contribution is 2.23. The maximum atomic E-state index is 12.8. The Hall–Kier alpha value is -4.15. The van der Waals surface area contributed by atoms with Crippen molar-refractivity contribution in [3.05, 3.63) is 72.4 Å². The molecule has 4 aromatic heterocycles. The van der Waals surface area contributed by atoms with Crippen LogP contribution in [-0.4, -0.2) is 42.1 Å². The number of alkyl halides is 3. The first-order chi connectivity index (χ1) is 15.1. The Balaban J connectivity index is 0.000000360. The number of carboxylic acids is 1. The van der Waals surface area contributed by atoms with Gasteiger partial charge in [0.25, 0.3) is 5.91 Å². The fourth-order valence-electron chi connectivity index (χ4n) is 2.83. The molecule has 4 heterocycles. The molecule has 8 nitrogen and oxygen atoms in total. The third-order valence-corrected chi connectivity index (χ3v) is 4.23. The molecule has 0 fully saturated rings. The zero-order valence-electron chi connectivity index (χ0n) is 17.0. The van der Waals surface area contributed by atoms with Crippen LogP contribution in [0.4, 0.5) is 19.0 Å². The van der Waals surface area contributed by atoms with E-state index < -0.39 is 12.1 Å². The number of amides is 1. The first kappa shape index (κ1) is 22.5. The molecule has 0 unspecified atom stereocenters. The van der Waals surface area contributed by atoms with Gasteiger partial charge in [0.15, 0.2) is 5.69 Å². The van der Waals surface area contributed by atoms with Crippen LogP contribution >= 0.6 is 0 Å². The molecule has 166 valence electrons. The zero-order valence-corrected chi connectivity index (χ0v) is 17.0. The molecule has 0 aliphatic heterocycles. The smallest absolute Gasteiger partial charge is 0.475 e. The predicted molar refractivity (Wildman–Crippen MR) is 110 cm³/mol. The molecule has 11 heteroatoms. The van der Waals surface area contributed by atoms with E-state index in [0.29, 0.717) is 11.5 Å². The molecular weight excluding hydrogens is 427 g/mol. The van der Waals surface area contributed by atoms with Crippen molar-refractivity contribution in [2.24, 2.45) is 7.05 Å². The number of carboxylic acid groups (broad SMARTS) is 1. The van der Waals surface area contributed by atoms with Crippen molar-refractivity contribution in [2.75, 3.05) is 5.32 Å². The Morgan fingerprint density at radius 1 is 1.03 bits per heavy atom. The van der Waals surface area contributed by atoms with E-state index in [4.69, 9.17) is 9.90 Å². The van der Waals surface area contributed by atoms with Gasteiger partial charge in [-0.2, -0.15) is 13.2 Å². The number of carbonyl (C=O) groups is 2. The third kappa shape index (κ3) is 5.12. The minimum absolute atomic E-state index is 0.274. The van der Waals surface area contributed by atoms with Crippen LogP contribution in [0.1, 0.15) is 16.2 Å². The van der Waals surface area contributed by atoms with E-state index in [1.807, 2.05) is 77.9 Å². The number of nitrogens with zero attached hydrogens (tertiary/aromatic N) is 4. The second-order valence-corrected chi connectivity index (χ2v) is 6.73. The maximum absolute atomic E-state index is 12.8. The number of anilines is 1. The molecule has 0 radical (unpaired) electrons. The van der Waals surface area contributed by atoms with Crippen molar-refractivity contribution in [3.63, 3.8) is 0 Å². The number of hydrogen-bond acceptors (Lipinski definition) is 4. The van der Waals surface area contributed by atoms with Gasteiger partial charge in [-0.15, -0.1) is 0 Å². The largest absolute Gasteiger partial charge is 0.490 e. The van der Waals surface area contributed by atoms with Gasteiger partial charge in [0.2, 0.25) is 0 Å². The molecule has 4 aromatic rings. The summed E-state index contributed by atoms with van der Waals surface area (Å²) >= 11 is 0. The number of aryl methyl sites for hydroxylation is 2. The molecule has 0 aromatic carbocycles. The van der Waals surface area contributed by atoms with E-state index in [1.54, 1.807) is 6.07 Å². The Morgan fingerprint density at radius 3 is 2.34 bits per heavy atom. The van der Waals surface area contributed by atoms with Gasteiger partial charge in [0.1, 0.15) is 11.6 Å². The molecule has 0 saturated carbocycles. The highest BCUT2D eigenvalue weighted by atomic mass is 19.4. The van der Waals surface area contributed by atoms with Crippen LogP contribution in [0.2, 0.25) is 0 Å². The number of halogens is 3. The SMILES string of the molecule is Cc1cccc(NC(=O)c2nc(-c3ccn(C)c3)n3ccccc23)n1.O=C(O)C(F)(F)F. The van der Waals surface area contributed by atoms with Crippen LogP contribution in [-0.2, 0) is 11.8 Å². The highest BCUT2D eigenvalue weighted by Gasteiger charge is 2.38. The Bertz CT molecular complexity index is 1280. The minimum atomic E-state index is -5.08. The number of nitrogens with one attached hydrogen (secondary N) is 1. The minimum Gasteiger partial charge on any atom is -0.475 e. The molecular formula is C21H18F3N5O3. The number of rotatable bonds is 3. The predicted octanol–water partition coefficient (Wildman–Crippen LogP) is 3.93.